The molecule has 0 aliphatic carbocycles. The van der Waals surface area contributed by atoms with Gasteiger partial charge in [0.25, 0.3) is 0 Å². The maximum Gasteiger partial charge on any atom is 0.250 e. The summed E-state index contributed by atoms with van der Waals surface area (Å²) in [4.78, 5) is 4.27. The van der Waals surface area contributed by atoms with Gasteiger partial charge >= 0.3 is 0 Å². The molecule has 0 amide bonds. The normalized spacial score (nSPS) is 10.5. The monoisotopic (exact) mass is 336 g/mol. The summed E-state index contributed by atoms with van der Waals surface area (Å²) in [5, 5.41) is 18.5. The summed E-state index contributed by atoms with van der Waals surface area (Å²) >= 11 is 11.9. The smallest absolute Gasteiger partial charge is 0.250 e. The van der Waals surface area contributed by atoms with Crippen LogP contribution >= 0.6 is 23.2 Å². The van der Waals surface area contributed by atoms with Crippen LogP contribution in [-0.4, -0.2) is 20.3 Å². The Bertz CT molecular complexity index is 786. The van der Waals surface area contributed by atoms with Gasteiger partial charge in [-0.25, -0.2) is 0 Å². The van der Waals surface area contributed by atoms with Crippen LogP contribution in [-0.2, 0) is 0 Å². The van der Waals surface area contributed by atoms with Crippen molar-refractivity contribution in [2.24, 2.45) is 0 Å². The second-order valence-electron chi connectivity index (χ2n) is 4.40. The van der Waals surface area contributed by atoms with Crippen LogP contribution in [0.5, 0.6) is 0 Å². The van der Waals surface area contributed by atoms with Crippen molar-refractivity contribution < 1.29 is 4.52 Å². The Morgan fingerprint density at radius 3 is 2.45 bits per heavy atom. The van der Waals surface area contributed by atoms with Crippen LogP contribution in [0.3, 0.4) is 0 Å². The molecule has 0 radical (unpaired) electrons. The van der Waals surface area contributed by atoms with Gasteiger partial charge in [0.1, 0.15) is 5.76 Å². The Labute approximate surface area is 135 Å². The Balaban J connectivity index is 1.78. The molecule has 0 saturated heterocycles. The fourth-order valence-corrected chi connectivity index (χ4v) is 2.26. The van der Waals surface area contributed by atoms with Crippen LogP contribution in [0.15, 0.2) is 35.0 Å². The van der Waals surface area contributed by atoms with Crippen molar-refractivity contribution in [1.82, 2.24) is 20.3 Å². The number of nitrogens with one attached hydrogen (secondary N) is 2. The lowest BCUT2D eigenvalue weighted by atomic mass is 10.3. The number of aromatic nitrogens is 4. The summed E-state index contributed by atoms with van der Waals surface area (Å²) in [7, 11) is 0. The zero-order valence-electron chi connectivity index (χ0n) is 11.3. The summed E-state index contributed by atoms with van der Waals surface area (Å²) in [5.41, 5.74) is 0.696. The van der Waals surface area contributed by atoms with Gasteiger partial charge in [-0.3, -0.25) is 0 Å². The number of rotatable bonds is 4. The molecule has 2 aromatic heterocycles. The molecule has 22 heavy (non-hydrogen) atoms. The fourth-order valence-electron chi connectivity index (χ4n) is 1.73. The molecule has 0 bridgehead atoms. The van der Waals surface area contributed by atoms with Gasteiger partial charge < -0.3 is 15.2 Å². The number of hydrogen-bond donors (Lipinski definition) is 2. The Morgan fingerprint density at radius 1 is 1.00 bits per heavy atom. The number of anilines is 4. The summed E-state index contributed by atoms with van der Waals surface area (Å²) in [6.07, 6.45) is 1.48. The average molecular weight is 337 g/mol. The molecule has 7 nitrogen and oxygen atoms in total. The van der Waals surface area contributed by atoms with E-state index in [-0.39, 0.29) is 5.95 Å². The summed E-state index contributed by atoms with van der Waals surface area (Å²) in [6, 6.07) is 6.82. The predicted octanol–water partition coefficient (Wildman–Crippen LogP) is 3.96. The molecule has 1 aromatic carbocycles. The lowest BCUT2D eigenvalue weighted by Gasteiger charge is -2.07. The number of nitrogens with zero attached hydrogens (tertiary/aromatic N) is 4. The van der Waals surface area contributed by atoms with Crippen molar-refractivity contribution in [1.29, 1.82) is 0 Å². The molecule has 3 rings (SSSR count). The molecule has 0 spiro atoms. The molecule has 9 heteroatoms. The molecule has 112 valence electrons. The fraction of sp³-hybridized carbons (Fsp3) is 0.0769. The second kappa shape index (κ2) is 6.17. The van der Waals surface area contributed by atoms with Gasteiger partial charge in [0.2, 0.25) is 5.95 Å². The summed E-state index contributed by atoms with van der Waals surface area (Å²) in [5.74, 6) is 1.95. The minimum absolute atomic E-state index is 0.284. The number of halogens is 2. The number of aryl methyl sites for hydroxylation is 1. The Hall–Kier alpha value is -2.38. The molecule has 0 fully saturated rings. The first-order chi connectivity index (χ1) is 10.6. The molecule has 0 aliphatic rings. The van der Waals surface area contributed by atoms with Crippen molar-refractivity contribution in [3.05, 3.63) is 46.3 Å². The maximum absolute atomic E-state index is 5.95. The van der Waals surface area contributed by atoms with Gasteiger partial charge in [-0.05, 0) is 25.1 Å². The van der Waals surface area contributed by atoms with Gasteiger partial charge in [-0.1, -0.05) is 28.4 Å². The first kappa shape index (κ1) is 14.6. The van der Waals surface area contributed by atoms with Crippen molar-refractivity contribution in [3.63, 3.8) is 0 Å². The lowest BCUT2D eigenvalue weighted by Crippen LogP contribution is -2.02. The summed E-state index contributed by atoms with van der Waals surface area (Å²) < 4.78 is 4.96. The SMILES string of the molecule is Cc1cc(Nc2nncc(Nc3cc(Cl)cc(Cl)c3)n2)no1. The van der Waals surface area contributed by atoms with E-state index in [2.05, 4.69) is 31.0 Å². The topological polar surface area (TPSA) is 88.8 Å². The second-order valence-corrected chi connectivity index (χ2v) is 5.27. The van der Waals surface area contributed by atoms with E-state index in [1.807, 2.05) is 0 Å². The third kappa shape index (κ3) is 3.63. The van der Waals surface area contributed by atoms with E-state index in [1.54, 1.807) is 31.2 Å². The first-order valence-corrected chi connectivity index (χ1v) is 6.97. The van der Waals surface area contributed by atoms with E-state index in [9.17, 15) is 0 Å². The highest BCUT2D eigenvalue weighted by Crippen LogP contribution is 2.24. The Morgan fingerprint density at radius 2 is 1.77 bits per heavy atom. The van der Waals surface area contributed by atoms with Crippen molar-refractivity contribution in [2.45, 2.75) is 6.92 Å². The third-order valence-corrected chi connectivity index (χ3v) is 3.00. The summed E-state index contributed by atoms with van der Waals surface area (Å²) in [6.45, 7) is 1.79. The van der Waals surface area contributed by atoms with Gasteiger partial charge in [-0.15, -0.1) is 5.10 Å². The van der Waals surface area contributed by atoms with Gasteiger partial charge in [-0.2, -0.15) is 10.1 Å². The van der Waals surface area contributed by atoms with Crippen molar-refractivity contribution in [2.75, 3.05) is 10.6 Å². The van der Waals surface area contributed by atoms with Crippen LogP contribution < -0.4 is 10.6 Å². The molecule has 0 unspecified atom stereocenters. The van der Waals surface area contributed by atoms with Gasteiger partial charge in [0, 0.05) is 21.8 Å². The van der Waals surface area contributed by atoms with E-state index >= 15 is 0 Å². The molecular formula is C13H10Cl2N6O. The van der Waals surface area contributed by atoms with E-state index < -0.39 is 0 Å². The van der Waals surface area contributed by atoms with Crippen LogP contribution in [0.1, 0.15) is 5.76 Å². The highest BCUT2D eigenvalue weighted by Gasteiger charge is 2.06. The van der Waals surface area contributed by atoms with Crippen LogP contribution in [0, 0.1) is 6.92 Å². The highest BCUT2D eigenvalue weighted by molar-refractivity contribution is 6.35. The number of hydrogen-bond acceptors (Lipinski definition) is 7. The molecule has 2 N–H and O–H groups in total. The minimum Gasteiger partial charge on any atom is -0.360 e. The predicted molar refractivity (Wildman–Crippen MR) is 84.1 cm³/mol. The molecule has 0 atom stereocenters. The first-order valence-electron chi connectivity index (χ1n) is 6.22. The lowest BCUT2D eigenvalue weighted by molar-refractivity contribution is 0.400. The molecule has 0 aliphatic heterocycles. The largest absolute Gasteiger partial charge is 0.360 e. The maximum atomic E-state index is 5.95. The Kier molecular flexibility index (Phi) is 4.08. The van der Waals surface area contributed by atoms with E-state index in [1.165, 1.54) is 6.20 Å². The van der Waals surface area contributed by atoms with Gasteiger partial charge in [0.15, 0.2) is 11.6 Å². The average Bonchev–Trinajstić information content (AvgIpc) is 2.83. The van der Waals surface area contributed by atoms with Crippen molar-refractivity contribution in [3.8, 4) is 0 Å². The van der Waals surface area contributed by atoms with Crippen molar-refractivity contribution >= 4 is 46.5 Å². The minimum atomic E-state index is 0.284. The van der Waals surface area contributed by atoms with Gasteiger partial charge in [0.05, 0.1) is 6.20 Å². The van der Waals surface area contributed by atoms with Crippen LogP contribution in [0.4, 0.5) is 23.3 Å². The molecule has 3 aromatic rings. The van der Waals surface area contributed by atoms with E-state index in [0.717, 1.165) is 0 Å². The molecule has 2 heterocycles. The zero-order chi connectivity index (χ0) is 15.5. The zero-order valence-corrected chi connectivity index (χ0v) is 12.9. The van der Waals surface area contributed by atoms with Crippen LogP contribution in [0.2, 0.25) is 10.0 Å². The van der Waals surface area contributed by atoms with E-state index in [4.69, 9.17) is 27.7 Å². The highest BCUT2D eigenvalue weighted by atomic mass is 35.5. The molecular weight excluding hydrogens is 327 g/mol. The third-order valence-electron chi connectivity index (χ3n) is 2.56. The van der Waals surface area contributed by atoms with Crippen LogP contribution in [0.25, 0.3) is 0 Å². The van der Waals surface area contributed by atoms with E-state index in [0.29, 0.717) is 33.1 Å². The quantitative estimate of drug-likeness (QED) is 0.745. The number of benzene rings is 1. The molecule has 0 saturated carbocycles. The standard InChI is InChI=1S/C13H10Cl2N6O/c1-7-2-11(21-22-7)18-13-19-12(6-16-20-13)17-10-4-8(14)3-9(15)5-10/h2-6H,1H3,(H2,17,18,19,20,21).